The van der Waals surface area contributed by atoms with Gasteiger partial charge in [0.25, 0.3) is 5.69 Å². The van der Waals surface area contributed by atoms with Crippen LogP contribution in [0.5, 0.6) is 0 Å². The number of rotatable bonds is 4. The van der Waals surface area contributed by atoms with Crippen molar-refractivity contribution in [3.63, 3.8) is 0 Å². The van der Waals surface area contributed by atoms with E-state index in [4.69, 9.17) is 0 Å². The Morgan fingerprint density at radius 1 is 1.24 bits per heavy atom. The first kappa shape index (κ1) is 15.4. The number of nitrogens with one attached hydrogen (secondary N) is 1. The summed E-state index contributed by atoms with van der Waals surface area (Å²) >= 11 is 3.28. The van der Waals surface area contributed by atoms with Crippen molar-refractivity contribution in [2.75, 3.05) is 5.32 Å². The average molecular weight is 353 g/mol. The van der Waals surface area contributed by atoms with Crippen molar-refractivity contribution < 1.29 is 9.31 Å². The third-order valence-corrected chi connectivity index (χ3v) is 3.78. The van der Waals surface area contributed by atoms with Gasteiger partial charge in [0.1, 0.15) is 11.5 Å². The van der Waals surface area contributed by atoms with E-state index in [1.807, 2.05) is 13.8 Å². The molecule has 4 nitrogen and oxygen atoms in total. The van der Waals surface area contributed by atoms with Crippen LogP contribution < -0.4 is 5.32 Å². The van der Waals surface area contributed by atoms with E-state index in [0.717, 1.165) is 15.6 Å². The van der Waals surface area contributed by atoms with Gasteiger partial charge >= 0.3 is 0 Å². The number of benzene rings is 2. The predicted molar refractivity (Wildman–Crippen MR) is 84.0 cm³/mol. The molecule has 2 rings (SSSR count). The van der Waals surface area contributed by atoms with Gasteiger partial charge in [0.05, 0.1) is 4.92 Å². The average Bonchev–Trinajstić information content (AvgIpc) is 2.42. The molecule has 6 heteroatoms. The fraction of sp³-hybridized carbons (Fsp3) is 0.200. The number of nitrogens with zero attached hydrogens (tertiary/aromatic N) is 1. The van der Waals surface area contributed by atoms with Gasteiger partial charge in [0, 0.05) is 22.6 Å². The van der Waals surface area contributed by atoms with Crippen molar-refractivity contribution in [2.24, 2.45) is 0 Å². The summed E-state index contributed by atoms with van der Waals surface area (Å²) in [5.74, 6) is -0.350. The molecule has 0 bridgehead atoms. The summed E-state index contributed by atoms with van der Waals surface area (Å²) in [7, 11) is 0. The van der Waals surface area contributed by atoms with Crippen LogP contribution in [-0.2, 0) is 6.54 Å². The SMILES string of the molecule is Cc1cc(NCc2cc(Br)ccc2F)c([N+](=O)[O-])cc1C. The molecule has 0 fully saturated rings. The fourth-order valence-electron chi connectivity index (χ4n) is 1.96. The lowest BCUT2D eigenvalue weighted by Crippen LogP contribution is -2.05. The zero-order valence-electron chi connectivity index (χ0n) is 11.6. The lowest BCUT2D eigenvalue weighted by atomic mass is 10.1. The first-order chi connectivity index (χ1) is 9.88. The molecule has 2 aromatic rings. The summed E-state index contributed by atoms with van der Waals surface area (Å²) in [6, 6.07) is 7.85. The molecule has 0 aliphatic heterocycles. The second-order valence-electron chi connectivity index (χ2n) is 4.80. The van der Waals surface area contributed by atoms with Crippen LogP contribution in [-0.4, -0.2) is 4.92 Å². The van der Waals surface area contributed by atoms with Gasteiger partial charge in [-0.1, -0.05) is 15.9 Å². The Hall–Kier alpha value is -1.95. The van der Waals surface area contributed by atoms with E-state index < -0.39 is 4.92 Å². The van der Waals surface area contributed by atoms with Crippen LogP contribution in [0.15, 0.2) is 34.8 Å². The zero-order valence-corrected chi connectivity index (χ0v) is 13.2. The summed E-state index contributed by atoms with van der Waals surface area (Å²) in [5, 5.41) is 14.0. The van der Waals surface area contributed by atoms with E-state index in [-0.39, 0.29) is 18.0 Å². The smallest absolute Gasteiger partial charge is 0.292 e. The molecule has 110 valence electrons. The highest BCUT2D eigenvalue weighted by Crippen LogP contribution is 2.28. The van der Waals surface area contributed by atoms with E-state index in [9.17, 15) is 14.5 Å². The molecule has 0 aliphatic rings. The molecule has 0 amide bonds. The third kappa shape index (κ3) is 3.58. The van der Waals surface area contributed by atoms with E-state index in [2.05, 4.69) is 21.2 Å². The van der Waals surface area contributed by atoms with Gasteiger partial charge in [0.2, 0.25) is 0 Å². The van der Waals surface area contributed by atoms with Gasteiger partial charge in [-0.25, -0.2) is 4.39 Å². The minimum atomic E-state index is -0.438. The number of nitro benzene ring substituents is 1. The topological polar surface area (TPSA) is 55.2 Å². The maximum Gasteiger partial charge on any atom is 0.292 e. The van der Waals surface area contributed by atoms with Gasteiger partial charge in [-0.2, -0.15) is 0 Å². The molecule has 2 aromatic carbocycles. The maximum absolute atomic E-state index is 13.7. The van der Waals surface area contributed by atoms with Gasteiger partial charge in [-0.05, 0) is 49.2 Å². The highest BCUT2D eigenvalue weighted by Gasteiger charge is 2.15. The number of aryl methyl sites for hydroxylation is 2. The van der Waals surface area contributed by atoms with Crippen LogP contribution in [0, 0.1) is 29.8 Å². The Balaban J connectivity index is 2.29. The minimum absolute atomic E-state index is 0.00601. The summed E-state index contributed by atoms with van der Waals surface area (Å²) < 4.78 is 14.4. The second-order valence-corrected chi connectivity index (χ2v) is 5.72. The standard InChI is InChI=1S/C15H14BrFN2O2/c1-9-5-14(15(19(20)21)6-10(9)2)18-8-11-7-12(16)3-4-13(11)17/h3-7,18H,8H2,1-2H3. The fourth-order valence-corrected chi connectivity index (χ4v) is 2.37. The molecule has 0 heterocycles. The summed E-state index contributed by atoms with van der Waals surface area (Å²) in [6.45, 7) is 3.87. The highest BCUT2D eigenvalue weighted by atomic mass is 79.9. The van der Waals surface area contributed by atoms with Crippen molar-refractivity contribution in [1.82, 2.24) is 0 Å². The number of hydrogen-bond acceptors (Lipinski definition) is 3. The first-order valence-corrected chi connectivity index (χ1v) is 7.11. The summed E-state index contributed by atoms with van der Waals surface area (Å²) in [6.07, 6.45) is 0. The lowest BCUT2D eigenvalue weighted by Gasteiger charge is -2.10. The van der Waals surface area contributed by atoms with Crippen molar-refractivity contribution in [1.29, 1.82) is 0 Å². The molecular weight excluding hydrogens is 339 g/mol. The van der Waals surface area contributed by atoms with Crippen LogP contribution in [0.1, 0.15) is 16.7 Å². The molecule has 0 saturated heterocycles. The molecule has 0 saturated carbocycles. The van der Waals surface area contributed by atoms with Gasteiger partial charge in [0.15, 0.2) is 0 Å². The normalized spacial score (nSPS) is 10.5. The second kappa shape index (κ2) is 6.22. The molecule has 0 unspecified atom stereocenters. The Bertz CT molecular complexity index is 704. The summed E-state index contributed by atoms with van der Waals surface area (Å²) in [5.41, 5.74) is 2.62. The monoisotopic (exact) mass is 352 g/mol. The molecule has 1 N–H and O–H groups in total. The molecule has 21 heavy (non-hydrogen) atoms. The number of anilines is 1. The molecule has 0 aliphatic carbocycles. The lowest BCUT2D eigenvalue weighted by molar-refractivity contribution is -0.384. The van der Waals surface area contributed by atoms with Gasteiger partial charge < -0.3 is 5.32 Å². The third-order valence-electron chi connectivity index (χ3n) is 3.29. The van der Waals surface area contributed by atoms with Crippen LogP contribution in [0.25, 0.3) is 0 Å². The first-order valence-electron chi connectivity index (χ1n) is 6.32. The minimum Gasteiger partial charge on any atom is -0.375 e. The van der Waals surface area contributed by atoms with E-state index in [1.165, 1.54) is 12.1 Å². The number of nitro groups is 1. The van der Waals surface area contributed by atoms with Crippen molar-refractivity contribution in [3.05, 3.63) is 67.4 Å². The molecule has 0 radical (unpaired) electrons. The summed E-state index contributed by atoms with van der Waals surface area (Å²) in [4.78, 5) is 10.7. The maximum atomic E-state index is 13.7. The molecular formula is C15H14BrFN2O2. The van der Waals surface area contributed by atoms with Gasteiger partial charge in [-0.15, -0.1) is 0 Å². The largest absolute Gasteiger partial charge is 0.375 e. The van der Waals surface area contributed by atoms with Crippen molar-refractivity contribution in [2.45, 2.75) is 20.4 Å². The Morgan fingerprint density at radius 3 is 2.57 bits per heavy atom. The van der Waals surface area contributed by atoms with E-state index in [0.29, 0.717) is 11.3 Å². The Kier molecular flexibility index (Phi) is 4.57. The Morgan fingerprint density at radius 2 is 1.90 bits per heavy atom. The molecule has 0 atom stereocenters. The van der Waals surface area contributed by atoms with Crippen LogP contribution in [0.2, 0.25) is 0 Å². The van der Waals surface area contributed by atoms with E-state index in [1.54, 1.807) is 18.2 Å². The zero-order chi connectivity index (χ0) is 15.6. The highest BCUT2D eigenvalue weighted by molar-refractivity contribution is 9.10. The van der Waals surface area contributed by atoms with Gasteiger partial charge in [-0.3, -0.25) is 10.1 Å². The number of hydrogen-bond donors (Lipinski definition) is 1. The Labute approximate surface area is 130 Å². The van der Waals surface area contributed by atoms with E-state index >= 15 is 0 Å². The van der Waals surface area contributed by atoms with Crippen molar-refractivity contribution in [3.8, 4) is 0 Å². The van der Waals surface area contributed by atoms with Crippen LogP contribution >= 0.6 is 15.9 Å². The van der Waals surface area contributed by atoms with Crippen molar-refractivity contribution >= 4 is 27.3 Å². The molecule has 0 spiro atoms. The predicted octanol–water partition coefficient (Wildman–Crippen LogP) is 4.73. The molecule has 0 aromatic heterocycles. The quantitative estimate of drug-likeness (QED) is 0.639. The van der Waals surface area contributed by atoms with Crippen LogP contribution in [0.3, 0.4) is 0 Å². The number of halogens is 2. The van der Waals surface area contributed by atoms with Crippen LogP contribution in [0.4, 0.5) is 15.8 Å².